The first kappa shape index (κ1) is 20.2. The van der Waals surface area contributed by atoms with Crippen molar-refractivity contribution in [2.45, 2.75) is 12.8 Å². The molecular formula is C20H20FN3O5. The van der Waals surface area contributed by atoms with Crippen molar-refractivity contribution in [3.05, 3.63) is 64.0 Å². The van der Waals surface area contributed by atoms with E-state index in [1.807, 2.05) is 0 Å². The van der Waals surface area contributed by atoms with E-state index in [4.69, 9.17) is 4.74 Å². The third-order valence-corrected chi connectivity index (χ3v) is 4.82. The zero-order valence-corrected chi connectivity index (χ0v) is 15.8. The number of amides is 2. The smallest absolute Gasteiger partial charge is 0.273 e. The molecule has 0 unspecified atom stereocenters. The average molecular weight is 401 g/mol. The van der Waals surface area contributed by atoms with Gasteiger partial charge in [0.1, 0.15) is 11.6 Å². The van der Waals surface area contributed by atoms with Crippen LogP contribution in [0, 0.1) is 21.8 Å². The summed E-state index contributed by atoms with van der Waals surface area (Å²) < 4.78 is 18.1. The highest BCUT2D eigenvalue weighted by Gasteiger charge is 2.34. The summed E-state index contributed by atoms with van der Waals surface area (Å²) in [5.74, 6) is -1.15. The van der Waals surface area contributed by atoms with E-state index in [9.17, 15) is 24.1 Å². The maximum Gasteiger partial charge on any atom is 0.273 e. The van der Waals surface area contributed by atoms with Gasteiger partial charge in [-0.25, -0.2) is 4.39 Å². The predicted molar refractivity (Wildman–Crippen MR) is 103 cm³/mol. The molecule has 1 N–H and O–H groups in total. The number of benzene rings is 2. The monoisotopic (exact) mass is 401 g/mol. The maximum absolute atomic E-state index is 13.0. The quantitative estimate of drug-likeness (QED) is 0.568. The van der Waals surface area contributed by atoms with Gasteiger partial charge in [-0.15, -0.1) is 0 Å². The van der Waals surface area contributed by atoms with Gasteiger partial charge in [0, 0.05) is 25.6 Å². The Hall–Kier alpha value is -3.49. The van der Waals surface area contributed by atoms with Gasteiger partial charge in [-0.2, -0.15) is 0 Å². The second-order valence-electron chi connectivity index (χ2n) is 6.75. The summed E-state index contributed by atoms with van der Waals surface area (Å²) in [5, 5.41) is 13.5. The summed E-state index contributed by atoms with van der Waals surface area (Å²) >= 11 is 0. The molecule has 1 atom stereocenters. The SMILES string of the molecule is COc1cc([N+](=O)[O-])ccc1NC(=O)[C@@H]1CC(=O)N(CCc2ccc(F)cc2)C1. The molecule has 0 aromatic heterocycles. The van der Waals surface area contributed by atoms with Crippen LogP contribution in [0.4, 0.5) is 15.8 Å². The molecule has 9 heteroatoms. The van der Waals surface area contributed by atoms with Crippen molar-refractivity contribution in [3.63, 3.8) is 0 Å². The van der Waals surface area contributed by atoms with Gasteiger partial charge in [0.25, 0.3) is 5.69 Å². The summed E-state index contributed by atoms with van der Waals surface area (Å²) in [6, 6.07) is 9.97. The van der Waals surface area contributed by atoms with Crippen LogP contribution in [0.15, 0.2) is 42.5 Å². The van der Waals surface area contributed by atoms with Gasteiger partial charge in [0.15, 0.2) is 0 Å². The van der Waals surface area contributed by atoms with E-state index >= 15 is 0 Å². The fourth-order valence-electron chi connectivity index (χ4n) is 3.21. The van der Waals surface area contributed by atoms with Crippen LogP contribution in [0.5, 0.6) is 5.75 Å². The number of carbonyl (C=O) groups excluding carboxylic acids is 2. The summed E-state index contributed by atoms with van der Waals surface area (Å²) in [5.41, 5.74) is 1.06. The fourth-order valence-corrected chi connectivity index (χ4v) is 3.21. The molecule has 0 bridgehead atoms. The van der Waals surface area contributed by atoms with Gasteiger partial charge >= 0.3 is 0 Å². The number of non-ortho nitro benzene ring substituents is 1. The number of methoxy groups -OCH3 is 1. The van der Waals surface area contributed by atoms with Crippen molar-refractivity contribution in [1.29, 1.82) is 0 Å². The summed E-state index contributed by atoms with van der Waals surface area (Å²) in [6.45, 7) is 0.719. The van der Waals surface area contributed by atoms with E-state index < -0.39 is 10.8 Å². The zero-order chi connectivity index (χ0) is 21.0. The van der Waals surface area contributed by atoms with Crippen molar-refractivity contribution in [2.24, 2.45) is 5.92 Å². The fraction of sp³-hybridized carbons (Fsp3) is 0.300. The highest BCUT2D eigenvalue weighted by Crippen LogP contribution is 2.30. The molecule has 0 aliphatic carbocycles. The molecule has 0 spiro atoms. The number of carbonyl (C=O) groups is 2. The minimum Gasteiger partial charge on any atom is -0.494 e. The van der Waals surface area contributed by atoms with Crippen molar-refractivity contribution in [2.75, 3.05) is 25.5 Å². The minimum absolute atomic E-state index is 0.0878. The predicted octanol–water partition coefficient (Wildman–Crippen LogP) is 2.77. The van der Waals surface area contributed by atoms with E-state index in [2.05, 4.69) is 5.32 Å². The standard InChI is InChI=1S/C20H20FN3O5/c1-29-18-11-16(24(27)28)6-7-17(18)22-20(26)14-10-19(25)23(12-14)9-8-13-2-4-15(21)5-3-13/h2-7,11,14H,8-10,12H2,1H3,(H,22,26)/t14-/m1/s1. The number of nitro groups is 1. The van der Waals surface area contributed by atoms with Crippen LogP contribution < -0.4 is 10.1 Å². The van der Waals surface area contributed by atoms with Crippen LogP contribution in [-0.2, 0) is 16.0 Å². The van der Waals surface area contributed by atoms with Gasteiger partial charge in [-0.1, -0.05) is 12.1 Å². The number of likely N-dealkylation sites (tertiary alicyclic amines) is 1. The molecule has 2 amide bonds. The zero-order valence-electron chi connectivity index (χ0n) is 15.8. The summed E-state index contributed by atoms with van der Waals surface area (Å²) in [4.78, 5) is 36.8. The lowest BCUT2D eigenvalue weighted by atomic mass is 10.1. The Morgan fingerprint density at radius 1 is 1.31 bits per heavy atom. The Labute approximate surface area is 166 Å². The number of nitrogens with one attached hydrogen (secondary N) is 1. The molecule has 1 saturated heterocycles. The average Bonchev–Trinajstić information content (AvgIpc) is 3.08. The summed E-state index contributed by atoms with van der Waals surface area (Å²) in [7, 11) is 1.35. The normalized spacial score (nSPS) is 16.0. The van der Waals surface area contributed by atoms with Gasteiger partial charge < -0.3 is 15.0 Å². The van der Waals surface area contributed by atoms with Gasteiger partial charge in [0.2, 0.25) is 11.8 Å². The molecule has 152 valence electrons. The van der Waals surface area contributed by atoms with Crippen LogP contribution in [0.1, 0.15) is 12.0 Å². The first-order valence-electron chi connectivity index (χ1n) is 9.03. The van der Waals surface area contributed by atoms with Crippen LogP contribution in [0.25, 0.3) is 0 Å². The van der Waals surface area contributed by atoms with Crippen LogP contribution in [-0.4, -0.2) is 41.8 Å². The molecule has 8 nitrogen and oxygen atoms in total. The Balaban J connectivity index is 1.60. The van der Waals surface area contributed by atoms with E-state index in [1.165, 1.54) is 37.4 Å². The molecule has 1 heterocycles. The lowest BCUT2D eigenvalue weighted by Gasteiger charge is -2.17. The van der Waals surface area contributed by atoms with Crippen molar-refractivity contribution >= 4 is 23.2 Å². The molecular weight excluding hydrogens is 381 g/mol. The number of rotatable bonds is 7. The van der Waals surface area contributed by atoms with Crippen molar-refractivity contribution in [1.82, 2.24) is 4.90 Å². The Morgan fingerprint density at radius 3 is 2.69 bits per heavy atom. The van der Waals surface area contributed by atoms with E-state index in [-0.39, 0.29) is 42.0 Å². The van der Waals surface area contributed by atoms with Gasteiger partial charge in [-0.05, 0) is 30.2 Å². The van der Waals surface area contributed by atoms with Crippen LogP contribution in [0.3, 0.4) is 0 Å². The van der Waals surface area contributed by atoms with E-state index in [0.717, 1.165) is 5.56 Å². The van der Waals surface area contributed by atoms with E-state index in [0.29, 0.717) is 18.7 Å². The first-order valence-corrected chi connectivity index (χ1v) is 9.03. The molecule has 2 aromatic rings. The van der Waals surface area contributed by atoms with Crippen molar-refractivity contribution in [3.8, 4) is 5.75 Å². The number of nitrogens with zero attached hydrogens (tertiary/aromatic N) is 2. The number of nitro benzene ring substituents is 1. The second kappa shape index (κ2) is 8.68. The molecule has 0 radical (unpaired) electrons. The minimum atomic E-state index is -0.553. The molecule has 2 aromatic carbocycles. The number of anilines is 1. The van der Waals surface area contributed by atoms with Crippen LogP contribution >= 0.6 is 0 Å². The number of ether oxygens (including phenoxy) is 1. The summed E-state index contributed by atoms with van der Waals surface area (Å²) in [6.07, 6.45) is 0.654. The highest BCUT2D eigenvalue weighted by molar-refractivity contribution is 5.98. The third-order valence-electron chi connectivity index (χ3n) is 4.82. The molecule has 1 aliphatic rings. The second-order valence-corrected chi connectivity index (χ2v) is 6.75. The largest absolute Gasteiger partial charge is 0.494 e. The molecule has 0 saturated carbocycles. The number of hydrogen-bond acceptors (Lipinski definition) is 5. The maximum atomic E-state index is 13.0. The topological polar surface area (TPSA) is 102 Å². The van der Waals surface area contributed by atoms with E-state index in [1.54, 1.807) is 17.0 Å². The lowest BCUT2D eigenvalue weighted by molar-refractivity contribution is -0.384. The van der Waals surface area contributed by atoms with Crippen molar-refractivity contribution < 1.29 is 23.6 Å². The third kappa shape index (κ3) is 4.87. The number of halogens is 1. The number of hydrogen-bond donors (Lipinski definition) is 1. The van der Waals surface area contributed by atoms with Gasteiger partial charge in [-0.3, -0.25) is 19.7 Å². The molecule has 1 fully saturated rings. The molecule has 1 aliphatic heterocycles. The first-order chi connectivity index (χ1) is 13.9. The van der Waals surface area contributed by atoms with Gasteiger partial charge in [0.05, 0.1) is 29.7 Å². The van der Waals surface area contributed by atoms with Crippen LogP contribution in [0.2, 0.25) is 0 Å². The Morgan fingerprint density at radius 2 is 2.03 bits per heavy atom. The molecule has 29 heavy (non-hydrogen) atoms. The highest BCUT2D eigenvalue weighted by atomic mass is 19.1. The lowest BCUT2D eigenvalue weighted by Crippen LogP contribution is -2.30. The molecule has 3 rings (SSSR count). The Bertz CT molecular complexity index is 932. The Kier molecular flexibility index (Phi) is 6.06.